The second-order valence-corrected chi connectivity index (χ2v) is 6.14. The third-order valence-corrected chi connectivity index (χ3v) is 4.61. The van der Waals surface area contributed by atoms with Crippen LogP contribution in [0.5, 0.6) is 0 Å². The van der Waals surface area contributed by atoms with E-state index in [1.165, 1.54) is 14.0 Å². The molecule has 0 radical (unpaired) electrons. The molecule has 1 aromatic heterocycles. The summed E-state index contributed by atoms with van der Waals surface area (Å²) in [6, 6.07) is -0.274. The molecular weight excluding hydrogens is 320 g/mol. The Kier molecular flexibility index (Phi) is 5.90. The number of halogens is 2. The van der Waals surface area contributed by atoms with Crippen LogP contribution in [0, 0.1) is 19.8 Å². The lowest BCUT2D eigenvalue weighted by atomic mass is 9.84. The van der Waals surface area contributed by atoms with Crippen LogP contribution in [-0.2, 0) is 20.7 Å². The average molecular weight is 343 g/mol. The number of nitrogens with zero attached hydrogens (tertiary/aromatic N) is 2. The van der Waals surface area contributed by atoms with Crippen molar-refractivity contribution in [2.75, 3.05) is 7.11 Å². The Hall–Kier alpha value is -1.99. The van der Waals surface area contributed by atoms with Crippen molar-refractivity contribution in [3.05, 3.63) is 17.0 Å². The molecule has 1 N–H and O–H groups in total. The van der Waals surface area contributed by atoms with Crippen LogP contribution in [0.25, 0.3) is 0 Å². The van der Waals surface area contributed by atoms with Gasteiger partial charge in [-0.15, -0.1) is 0 Å². The summed E-state index contributed by atoms with van der Waals surface area (Å²) in [5, 5.41) is 6.64. The first-order chi connectivity index (χ1) is 11.3. The second-order valence-electron chi connectivity index (χ2n) is 6.14. The van der Waals surface area contributed by atoms with E-state index in [1.54, 1.807) is 6.92 Å². The third-order valence-electron chi connectivity index (χ3n) is 4.61. The molecule has 1 aliphatic rings. The number of rotatable bonds is 5. The summed E-state index contributed by atoms with van der Waals surface area (Å²) in [6.07, 6.45) is 3.21. The number of ether oxygens (including phenoxy) is 1. The molecule has 0 bridgehead atoms. The quantitative estimate of drug-likeness (QED) is 0.833. The fourth-order valence-corrected chi connectivity index (χ4v) is 3.30. The van der Waals surface area contributed by atoms with Crippen LogP contribution in [0.4, 0.5) is 8.78 Å². The van der Waals surface area contributed by atoms with Crippen molar-refractivity contribution < 1.29 is 23.1 Å². The van der Waals surface area contributed by atoms with E-state index in [-0.39, 0.29) is 36.0 Å². The molecule has 1 aromatic rings. The van der Waals surface area contributed by atoms with Gasteiger partial charge in [-0.1, -0.05) is 12.8 Å². The summed E-state index contributed by atoms with van der Waals surface area (Å²) in [7, 11) is 1.33. The lowest BCUT2D eigenvalue weighted by Crippen LogP contribution is -2.46. The van der Waals surface area contributed by atoms with E-state index in [0.29, 0.717) is 28.8 Å². The van der Waals surface area contributed by atoms with Gasteiger partial charge in [-0.2, -0.15) is 13.9 Å². The van der Waals surface area contributed by atoms with Crippen LogP contribution >= 0.6 is 0 Å². The van der Waals surface area contributed by atoms with Gasteiger partial charge in [0.15, 0.2) is 0 Å². The minimum atomic E-state index is -2.73. The minimum absolute atomic E-state index is 0.0330. The fraction of sp³-hybridized carbons (Fsp3) is 0.688. The molecule has 1 heterocycles. The van der Waals surface area contributed by atoms with Crippen LogP contribution in [0.15, 0.2) is 0 Å². The largest absolute Gasteiger partial charge is 0.469 e. The smallest absolute Gasteiger partial charge is 0.333 e. The first kappa shape index (κ1) is 18.4. The fourth-order valence-electron chi connectivity index (χ4n) is 3.30. The number of carbonyl (C=O) groups is 2. The van der Waals surface area contributed by atoms with E-state index >= 15 is 0 Å². The van der Waals surface area contributed by atoms with Crippen LogP contribution in [0.1, 0.15) is 49.2 Å². The summed E-state index contributed by atoms with van der Waals surface area (Å²) in [5.41, 5.74) is 1.19. The van der Waals surface area contributed by atoms with Crippen LogP contribution in [0.2, 0.25) is 0 Å². The highest BCUT2D eigenvalue weighted by molar-refractivity contribution is 5.81. The molecule has 0 aromatic carbocycles. The molecule has 0 aliphatic heterocycles. The maximum Gasteiger partial charge on any atom is 0.333 e. The number of aromatic nitrogens is 2. The highest BCUT2D eigenvalue weighted by Gasteiger charge is 2.33. The SMILES string of the molecule is COC(=O)C1CCCCC1NC(=O)Cc1c(C)nn(C(F)F)c1C. The van der Waals surface area contributed by atoms with Crippen LogP contribution in [-0.4, -0.2) is 34.8 Å². The number of carbonyl (C=O) groups excluding carboxylic acids is 2. The zero-order valence-electron chi connectivity index (χ0n) is 14.1. The topological polar surface area (TPSA) is 73.2 Å². The Bertz CT molecular complexity index is 616. The molecule has 6 nitrogen and oxygen atoms in total. The number of alkyl halides is 2. The summed E-state index contributed by atoms with van der Waals surface area (Å²) >= 11 is 0. The van der Waals surface area contributed by atoms with Gasteiger partial charge in [-0.25, -0.2) is 4.68 Å². The summed E-state index contributed by atoms with van der Waals surface area (Å²) in [4.78, 5) is 24.2. The van der Waals surface area contributed by atoms with Gasteiger partial charge >= 0.3 is 12.5 Å². The van der Waals surface area contributed by atoms with Gasteiger partial charge < -0.3 is 10.1 Å². The molecule has 1 amide bonds. The highest BCUT2D eigenvalue weighted by Crippen LogP contribution is 2.26. The van der Waals surface area contributed by atoms with Gasteiger partial charge in [-0.3, -0.25) is 9.59 Å². The Balaban J connectivity index is 2.06. The average Bonchev–Trinajstić information content (AvgIpc) is 2.83. The van der Waals surface area contributed by atoms with Gasteiger partial charge in [0.1, 0.15) is 0 Å². The van der Waals surface area contributed by atoms with Crippen molar-refractivity contribution in [1.29, 1.82) is 0 Å². The summed E-state index contributed by atoms with van der Waals surface area (Å²) in [5.74, 6) is -0.965. The van der Waals surface area contributed by atoms with Crippen LogP contribution < -0.4 is 5.32 Å². The number of aryl methyl sites for hydroxylation is 1. The first-order valence-corrected chi connectivity index (χ1v) is 8.05. The standard InChI is InChI=1S/C16H23F2N3O3/c1-9-12(10(2)21(20-9)16(17)18)8-14(22)19-13-7-5-4-6-11(13)15(23)24-3/h11,13,16H,4-8H2,1-3H3,(H,19,22). The molecule has 0 spiro atoms. The maximum atomic E-state index is 12.9. The minimum Gasteiger partial charge on any atom is -0.469 e. The summed E-state index contributed by atoms with van der Waals surface area (Å²) in [6.45, 7) is 0.390. The molecular formula is C16H23F2N3O3. The third kappa shape index (κ3) is 3.91. The Morgan fingerprint density at radius 2 is 2.00 bits per heavy atom. The van der Waals surface area contributed by atoms with E-state index < -0.39 is 6.55 Å². The van der Waals surface area contributed by atoms with E-state index in [4.69, 9.17) is 4.74 Å². The number of methoxy groups -OCH3 is 1. The molecule has 1 saturated carbocycles. The van der Waals surface area contributed by atoms with Gasteiger partial charge in [0.05, 0.1) is 25.1 Å². The number of hydrogen-bond donors (Lipinski definition) is 1. The van der Waals surface area contributed by atoms with Gasteiger partial charge in [0.25, 0.3) is 0 Å². The lowest BCUT2D eigenvalue weighted by molar-refractivity contribution is -0.147. The van der Waals surface area contributed by atoms with Crippen molar-refractivity contribution in [1.82, 2.24) is 15.1 Å². The zero-order chi connectivity index (χ0) is 17.9. The normalized spacial score (nSPS) is 20.9. The van der Waals surface area contributed by atoms with Gasteiger partial charge in [0.2, 0.25) is 5.91 Å². The van der Waals surface area contributed by atoms with Crippen molar-refractivity contribution in [3.8, 4) is 0 Å². The Morgan fingerprint density at radius 3 is 2.58 bits per heavy atom. The predicted molar refractivity (Wildman–Crippen MR) is 82.6 cm³/mol. The number of amides is 1. The molecule has 2 atom stereocenters. The zero-order valence-corrected chi connectivity index (χ0v) is 14.1. The highest BCUT2D eigenvalue weighted by atomic mass is 19.3. The molecule has 2 rings (SSSR count). The van der Waals surface area contributed by atoms with Crippen molar-refractivity contribution in [2.24, 2.45) is 5.92 Å². The molecule has 2 unspecified atom stereocenters. The first-order valence-electron chi connectivity index (χ1n) is 8.05. The van der Waals surface area contributed by atoms with Gasteiger partial charge in [0, 0.05) is 17.3 Å². The number of nitrogens with one attached hydrogen (secondary N) is 1. The monoisotopic (exact) mass is 343 g/mol. The summed E-state index contributed by atoms with van der Waals surface area (Å²) < 4.78 is 31.1. The molecule has 1 fully saturated rings. The van der Waals surface area contributed by atoms with Crippen molar-refractivity contribution in [2.45, 2.75) is 58.5 Å². The number of hydrogen-bond acceptors (Lipinski definition) is 4. The Morgan fingerprint density at radius 1 is 1.33 bits per heavy atom. The molecule has 0 saturated heterocycles. The predicted octanol–water partition coefficient (Wildman–Crippen LogP) is 2.29. The Labute approximate surface area is 139 Å². The van der Waals surface area contributed by atoms with Gasteiger partial charge in [-0.05, 0) is 26.7 Å². The molecule has 24 heavy (non-hydrogen) atoms. The maximum absolute atomic E-state index is 12.9. The molecule has 8 heteroatoms. The van der Waals surface area contributed by atoms with E-state index in [9.17, 15) is 18.4 Å². The number of esters is 1. The molecule has 1 aliphatic carbocycles. The van der Waals surface area contributed by atoms with E-state index in [2.05, 4.69) is 10.4 Å². The van der Waals surface area contributed by atoms with E-state index in [1.807, 2.05) is 0 Å². The molecule has 134 valence electrons. The van der Waals surface area contributed by atoms with Crippen LogP contribution in [0.3, 0.4) is 0 Å². The van der Waals surface area contributed by atoms with E-state index in [0.717, 1.165) is 12.8 Å². The van der Waals surface area contributed by atoms with Crippen molar-refractivity contribution >= 4 is 11.9 Å². The lowest BCUT2D eigenvalue weighted by Gasteiger charge is -2.30. The second kappa shape index (κ2) is 7.72. The van der Waals surface area contributed by atoms with Crippen molar-refractivity contribution in [3.63, 3.8) is 0 Å².